The molecule has 248 valence electrons. The highest BCUT2D eigenvalue weighted by Crippen LogP contribution is 2.47. The summed E-state index contributed by atoms with van der Waals surface area (Å²) in [6.45, 7) is 9.19. The van der Waals surface area contributed by atoms with Crippen molar-refractivity contribution in [1.82, 2.24) is 0 Å². The Hall–Kier alpha value is -3.90. The van der Waals surface area contributed by atoms with Crippen LogP contribution in [0.3, 0.4) is 0 Å². The molecule has 3 aliphatic rings. The topological polar surface area (TPSA) is 132 Å². The summed E-state index contributed by atoms with van der Waals surface area (Å²) in [5.74, 6) is -0.817. The van der Waals surface area contributed by atoms with Crippen molar-refractivity contribution < 1.29 is 35.3 Å². The number of benzene rings is 2. The molecule has 0 saturated heterocycles. The molecule has 0 spiro atoms. The van der Waals surface area contributed by atoms with Crippen LogP contribution in [0.25, 0.3) is 0 Å². The summed E-state index contributed by atoms with van der Waals surface area (Å²) in [4.78, 5) is 15.1. The van der Waals surface area contributed by atoms with Gasteiger partial charge < -0.3 is 4.90 Å². The highest BCUT2D eigenvalue weighted by molar-refractivity contribution is 7.86. The molecule has 2 N–H and O–H groups in total. The molecule has 0 saturated carbocycles. The first kappa shape index (κ1) is 34.4. The van der Waals surface area contributed by atoms with Gasteiger partial charge in [0.1, 0.15) is 6.54 Å². The van der Waals surface area contributed by atoms with Gasteiger partial charge in [-0.2, -0.15) is 21.4 Å². The fourth-order valence-electron chi connectivity index (χ4n) is 6.72. The van der Waals surface area contributed by atoms with Crippen molar-refractivity contribution in [3.63, 3.8) is 0 Å². The molecule has 0 atom stereocenters. The number of hydrogen-bond donors (Lipinski definition) is 2. The van der Waals surface area contributed by atoms with E-state index in [9.17, 15) is 30.7 Å². The lowest BCUT2D eigenvalue weighted by molar-refractivity contribution is -0.437. The van der Waals surface area contributed by atoms with E-state index in [4.69, 9.17) is 0 Å². The van der Waals surface area contributed by atoms with Crippen LogP contribution in [0.5, 0.6) is 0 Å². The lowest BCUT2D eigenvalue weighted by Gasteiger charge is -2.27. The molecule has 0 amide bonds. The zero-order valence-corrected chi connectivity index (χ0v) is 28.7. The third-order valence-corrected chi connectivity index (χ3v) is 10.7. The largest absolute Gasteiger partial charge is 0.344 e. The van der Waals surface area contributed by atoms with Crippen LogP contribution in [0.2, 0.25) is 0 Å². The normalized spacial score (nSPS) is 20.4. The van der Waals surface area contributed by atoms with Crippen molar-refractivity contribution in [2.75, 3.05) is 29.5 Å². The van der Waals surface area contributed by atoms with Crippen molar-refractivity contribution in [3.8, 4) is 0 Å². The van der Waals surface area contributed by atoms with Crippen LogP contribution in [-0.2, 0) is 35.9 Å². The van der Waals surface area contributed by atoms with E-state index in [0.717, 1.165) is 39.5 Å². The van der Waals surface area contributed by atoms with Gasteiger partial charge in [0, 0.05) is 53.0 Å². The van der Waals surface area contributed by atoms with E-state index in [1.165, 1.54) is 6.08 Å². The van der Waals surface area contributed by atoms with Gasteiger partial charge in [-0.25, -0.2) is 0 Å². The van der Waals surface area contributed by atoms with Gasteiger partial charge in [-0.05, 0) is 67.9 Å². The first-order chi connectivity index (χ1) is 22.0. The number of ketones is 1. The Balaban J connectivity index is 1.47. The summed E-state index contributed by atoms with van der Waals surface area (Å²) in [5.41, 5.74) is 6.56. The fraction of sp³-hybridized carbons (Fsp3) is 0.333. The molecular formula is C36H41N2O7S2+. The van der Waals surface area contributed by atoms with Gasteiger partial charge in [-0.15, -0.1) is 0 Å². The Kier molecular flexibility index (Phi) is 9.49. The highest BCUT2D eigenvalue weighted by atomic mass is 32.2. The first-order valence-electron chi connectivity index (χ1n) is 15.6. The summed E-state index contributed by atoms with van der Waals surface area (Å²) in [6.07, 6.45) is 13.3. The molecule has 0 bridgehead atoms. The van der Waals surface area contributed by atoms with Gasteiger partial charge in [0.15, 0.2) is 11.5 Å². The third kappa shape index (κ3) is 7.49. The van der Waals surface area contributed by atoms with Crippen LogP contribution in [0.15, 0.2) is 108 Å². The molecule has 2 aromatic rings. The Bertz CT molecular complexity index is 2010. The summed E-state index contributed by atoms with van der Waals surface area (Å²) < 4.78 is 66.3. The van der Waals surface area contributed by atoms with Gasteiger partial charge in [-0.3, -0.25) is 13.9 Å². The molecule has 47 heavy (non-hydrogen) atoms. The predicted octanol–water partition coefficient (Wildman–Crippen LogP) is 5.85. The highest BCUT2D eigenvalue weighted by Gasteiger charge is 2.44. The molecule has 0 aromatic heterocycles. The zero-order valence-electron chi connectivity index (χ0n) is 27.0. The second-order valence-corrected chi connectivity index (χ2v) is 16.2. The smallest absolute Gasteiger partial charge is 0.265 e. The van der Waals surface area contributed by atoms with E-state index < -0.39 is 25.7 Å². The van der Waals surface area contributed by atoms with E-state index in [1.54, 1.807) is 12.2 Å². The summed E-state index contributed by atoms with van der Waals surface area (Å²) in [5, 5.41) is 0. The van der Waals surface area contributed by atoms with Crippen molar-refractivity contribution in [3.05, 3.63) is 119 Å². The Morgan fingerprint density at radius 2 is 1.43 bits per heavy atom. The van der Waals surface area contributed by atoms with Crippen LogP contribution >= 0.6 is 0 Å². The van der Waals surface area contributed by atoms with Crippen molar-refractivity contribution in [1.29, 1.82) is 0 Å². The number of carbonyl (C=O) groups excluding carboxylic acids is 1. The lowest BCUT2D eigenvalue weighted by atomic mass is 9.81. The molecule has 0 fully saturated rings. The third-order valence-electron chi connectivity index (χ3n) is 9.05. The first-order valence-corrected chi connectivity index (χ1v) is 18.8. The average molecular weight is 678 g/mol. The molecule has 11 heteroatoms. The minimum atomic E-state index is -4.09. The number of allylic oxidation sites excluding steroid dienone is 10. The summed E-state index contributed by atoms with van der Waals surface area (Å²) in [7, 11) is -8.18. The van der Waals surface area contributed by atoms with Gasteiger partial charge >= 0.3 is 0 Å². The molecule has 5 rings (SSSR count). The van der Waals surface area contributed by atoms with Crippen LogP contribution in [-0.4, -0.2) is 66.6 Å². The molecule has 2 aromatic carbocycles. The Morgan fingerprint density at radius 3 is 2.13 bits per heavy atom. The maximum Gasteiger partial charge on any atom is 0.265 e. The number of rotatable bonds is 11. The van der Waals surface area contributed by atoms with E-state index in [0.29, 0.717) is 18.7 Å². The Morgan fingerprint density at radius 1 is 0.787 bits per heavy atom. The molecule has 2 heterocycles. The number of carbonyl (C=O) groups is 1. The molecule has 2 aliphatic heterocycles. The molecule has 0 radical (unpaired) electrons. The number of hydrogen-bond acceptors (Lipinski definition) is 6. The molecule has 1 aliphatic carbocycles. The maximum absolute atomic E-state index is 13.0. The predicted molar refractivity (Wildman–Crippen MR) is 186 cm³/mol. The van der Waals surface area contributed by atoms with Crippen LogP contribution in [0, 0.1) is 0 Å². The fourth-order valence-corrected chi connectivity index (χ4v) is 7.71. The zero-order chi connectivity index (χ0) is 34.2. The molecule has 9 nitrogen and oxygen atoms in total. The Labute approximate surface area is 277 Å². The second kappa shape index (κ2) is 13.0. The minimum absolute atomic E-state index is 0.140. The van der Waals surface area contributed by atoms with Crippen molar-refractivity contribution in [2.24, 2.45) is 0 Å². The van der Waals surface area contributed by atoms with Crippen LogP contribution in [0.1, 0.15) is 51.7 Å². The average Bonchev–Trinajstić information content (AvgIpc) is 3.33. The number of nitrogens with zero attached hydrogens (tertiary/aromatic N) is 2. The van der Waals surface area contributed by atoms with Gasteiger partial charge in [0.25, 0.3) is 20.2 Å². The number of fused-ring (bicyclic) bond motifs is 2. The quantitative estimate of drug-likeness (QED) is 0.172. The number of para-hydroxylation sites is 2. The summed E-state index contributed by atoms with van der Waals surface area (Å²) >= 11 is 0. The lowest BCUT2D eigenvalue weighted by Crippen LogP contribution is -2.28. The summed E-state index contributed by atoms with van der Waals surface area (Å²) in [6, 6.07) is 15.9. The van der Waals surface area contributed by atoms with E-state index in [-0.39, 0.29) is 35.5 Å². The minimum Gasteiger partial charge on any atom is -0.344 e. The van der Waals surface area contributed by atoms with E-state index in [2.05, 4.69) is 43.2 Å². The van der Waals surface area contributed by atoms with E-state index >= 15 is 0 Å². The molecular weight excluding hydrogens is 637 g/mol. The molecule has 0 unspecified atom stereocenters. The van der Waals surface area contributed by atoms with Crippen molar-refractivity contribution in [2.45, 2.75) is 51.4 Å². The van der Waals surface area contributed by atoms with Gasteiger partial charge in [-0.1, -0.05) is 56.3 Å². The van der Waals surface area contributed by atoms with Crippen molar-refractivity contribution >= 4 is 43.1 Å². The van der Waals surface area contributed by atoms with Gasteiger partial charge in [0.2, 0.25) is 5.69 Å². The van der Waals surface area contributed by atoms with Crippen LogP contribution in [0.4, 0.5) is 11.4 Å². The van der Waals surface area contributed by atoms with E-state index in [1.807, 2.05) is 66.8 Å². The number of anilines is 1. The second-order valence-electron chi connectivity index (χ2n) is 13.1. The monoisotopic (exact) mass is 677 g/mol. The van der Waals surface area contributed by atoms with Crippen LogP contribution < -0.4 is 4.90 Å². The van der Waals surface area contributed by atoms with Gasteiger partial charge in [0.05, 0.1) is 16.9 Å². The SMILES string of the molecule is CC1(C)C(=CC=C2C=C(C=CC3=[N+](CCCS(=O)(=O)O)c4ccccc4C3(C)C)C=CC2=O)N(CCCS(=O)(=O)O)c2ccccc21. The maximum atomic E-state index is 13.0. The standard InChI is InChI=1S/C36H40N2O7S2/c1-35(2)28-11-5-7-13-30(28)37(21-9-23-46(40,41)42)33(35)19-16-26-15-18-32(39)27(25-26)17-20-34-36(3,4)29-12-6-8-14-31(29)38(34)22-10-24-47(43,44)45/h5-8,11-20,25H,9-10,21-24H2,1-4H3,(H-,40,41,42,43,44,45)/p+1.